The molecule has 0 unspecified atom stereocenters. The number of anilines is 1. The lowest BCUT2D eigenvalue weighted by Gasteiger charge is -2.09. The molecule has 0 aliphatic heterocycles. The van der Waals surface area contributed by atoms with Crippen LogP contribution in [0.25, 0.3) is 0 Å². The minimum atomic E-state index is -3.98. The van der Waals surface area contributed by atoms with Gasteiger partial charge in [0.25, 0.3) is 10.0 Å². The number of hydrogen-bond donors (Lipinski definition) is 2. The molecule has 2 rings (SSSR count). The summed E-state index contributed by atoms with van der Waals surface area (Å²) in [6.45, 7) is 0. The molecule has 0 aliphatic carbocycles. The molecule has 0 saturated heterocycles. The van der Waals surface area contributed by atoms with E-state index in [-0.39, 0.29) is 21.0 Å². The van der Waals surface area contributed by atoms with Crippen LogP contribution in [0.3, 0.4) is 0 Å². The largest absolute Gasteiger partial charge is 0.465 e. The van der Waals surface area contributed by atoms with Crippen molar-refractivity contribution in [1.29, 1.82) is 0 Å². The van der Waals surface area contributed by atoms with Crippen LogP contribution in [-0.2, 0) is 24.8 Å². The van der Waals surface area contributed by atoms with Gasteiger partial charge >= 0.3 is 5.97 Å². The molecule has 1 heterocycles. The second-order valence-electron chi connectivity index (χ2n) is 4.48. The van der Waals surface area contributed by atoms with Gasteiger partial charge in [0.05, 0.1) is 28.2 Å². The minimum Gasteiger partial charge on any atom is -0.465 e. The maximum absolute atomic E-state index is 12.4. The number of carbonyl (C=O) groups excluding carboxylic acids is 1. The fourth-order valence-electron chi connectivity index (χ4n) is 1.76. The topological polar surface area (TPSA) is 119 Å². The monoisotopic (exact) mass is 390 g/mol. The third-order valence-corrected chi connectivity index (χ3v) is 6.58. The molecule has 8 nitrogen and oxygen atoms in total. The van der Waals surface area contributed by atoms with Crippen LogP contribution in [0.5, 0.6) is 0 Å². The van der Waals surface area contributed by atoms with E-state index in [0.29, 0.717) is 0 Å². The van der Waals surface area contributed by atoms with Crippen molar-refractivity contribution in [3.63, 3.8) is 0 Å². The second kappa shape index (κ2) is 6.89. The quantitative estimate of drug-likeness (QED) is 0.717. The molecule has 1 aromatic heterocycles. The molecule has 1 aromatic carbocycles. The van der Waals surface area contributed by atoms with Gasteiger partial charge in [-0.1, -0.05) is 0 Å². The van der Waals surface area contributed by atoms with Gasteiger partial charge in [0.15, 0.2) is 0 Å². The lowest BCUT2D eigenvalue weighted by atomic mass is 10.3. The van der Waals surface area contributed by atoms with E-state index in [1.807, 2.05) is 0 Å². The zero-order valence-electron chi connectivity index (χ0n) is 12.6. The van der Waals surface area contributed by atoms with Gasteiger partial charge in [-0.05, 0) is 31.3 Å². The highest BCUT2D eigenvalue weighted by atomic mass is 32.2. The Morgan fingerprint density at radius 1 is 1.00 bits per heavy atom. The normalized spacial score (nSPS) is 11.9. The Kier molecular flexibility index (Phi) is 5.28. The predicted molar refractivity (Wildman–Crippen MR) is 89.2 cm³/mol. The fourth-order valence-corrected chi connectivity index (χ4v) is 4.39. The second-order valence-corrected chi connectivity index (χ2v) is 8.79. The molecule has 2 N–H and O–H groups in total. The van der Waals surface area contributed by atoms with Crippen molar-refractivity contribution in [3.8, 4) is 0 Å². The highest BCUT2D eigenvalue weighted by molar-refractivity contribution is 7.92. The molecule has 0 amide bonds. The van der Waals surface area contributed by atoms with Gasteiger partial charge in [-0.15, -0.1) is 11.3 Å². The van der Waals surface area contributed by atoms with Crippen LogP contribution in [-0.4, -0.2) is 37.0 Å². The Balaban J connectivity index is 2.32. The maximum atomic E-state index is 12.4. The van der Waals surface area contributed by atoms with E-state index < -0.39 is 26.0 Å². The van der Waals surface area contributed by atoms with E-state index in [4.69, 9.17) is 0 Å². The van der Waals surface area contributed by atoms with E-state index in [2.05, 4.69) is 14.2 Å². The summed E-state index contributed by atoms with van der Waals surface area (Å²) in [5, 5.41) is 2.93. The number of rotatable bonds is 6. The fraction of sp³-hybridized carbons (Fsp3) is 0.154. The Hall–Kier alpha value is -1.95. The Morgan fingerprint density at radius 3 is 2.04 bits per heavy atom. The first-order valence-corrected chi connectivity index (χ1v) is 10.3. The number of hydrogen-bond acceptors (Lipinski definition) is 7. The third-order valence-electron chi connectivity index (χ3n) is 3.02. The molecule has 0 aliphatic rings. The zero-order valence-corrected chi connectivity index (χ0v) is 15.1. The SMILES string of the molecule is CNS(=O)(=O)c1ccc(S(=O)(=O)Nc2cscc2C(=O)OC)cc1. The summed E-state index contributed by atoms with van der Waals surface area (Å²) < 4.78 is 57.0. The number of nitrogens with one attached hydrogen (secondary N) is 2. The lowest BCUT2D eigenvalue weighted by molar-refractivity contribution is 0.0602. The Labute approximate surface area is 143 Å². The van der Waals surface area contributed by atoms with Gasteiger partial charge < -0.3 is 4.74 Å². The van der Waals surface area contributed by atoms with E-state index in [0.717, 1.165) is 23.5 Å². The zero-order chi connectivity index (χ0) is 18.0. The highest BCUT2D eigenvalue weighted by Crippen LogP contribution is 2.25. The summed E-state index contributed by atoms with van der Waals surface area (Å²) >= 11 is 1.14. The summed E-state index contributed by atoms with van der Waals surface area (Å²) in [6, 6.07) is 4.68. The molecule has 2 aromatic rings. The number of thiophene rings is 1. The first kappa shape index (κ1) is 18.4. The number of benzene rings is 1. The van der Waals surface area contributed by atoms with Crippen LogP contribution < -0.4 is 9.44 Å². The average Bonchev–Trinajstić information content (AvgIpc) is 3.01. The molecule has 130 valence electrons. The Morgan fingerprint density at radius 2 is 1.54 bits per heavy atom. The molecular formula is C13H14N2O6S3. The van der Waals surface area contributed by atoms with Crippen molar-refractivity contribution in [2.45, 2.75) is 9.79 Å². The number of carbonyl (C=O) groups is 1. The minimum absolute atomic E-state index is 0.0604. The predicted octanol–water partition coefficient (Wildman–Crippen LogP) is 1.24. The van der Waals surface area contributed by atoms with Crippen molar-refractivity contribution in [1.82, 2.24) is 4.72 Å². The van der Waals surface area contributed by atoms with Crippen molar-refractivity contribution in [2.24, 2.45) is 0 Å². The van der Waals surface area contributed by atoms with Gasteiger partial charge in [0, 0.05) is 10.8 Å². The number of ether oxygens (including phenoxy) is 1. The van der Waals surface area contributed by atoms with Crippen LogP contribution in [0, 0.1) is 0 Å². The van der Waals surface area contributed by atoms with Gasteiger partial charge in [-0.2, -0.15) is 0 Å². The summed E-state index contributed by atoms with van der Waals surface area (Å²) in [5.74, 6) is -0.663. The molecule has 11 heteroatoms. The standard InChI is InChI=1S/C13H14N2O6S3/c1-14-23(17,18)9-3-5-10(6-4-9)24(19,20)15-12-8-22-7-11(12)13(16)21-2/h3-8,14-15H,1-2H3. The van der Waals surface area contributed by atoms with Crippen LogP contribution in [0.15, 0.2) is 44.8 Å². The summed E-state index contributed by atoms with van der Waals surface area (Å²) in [5.41, 5.74) is 0.194. The number of esters is 1. The molecule has 24 heavy (non-hydrogen) atoms. The Bertz CT molecular complexity index is 946. The van der Waals surface area contributed by atoms with Crippen molar-refractivity contribution in [3.05, 3.63) is 40.6 Å². The summed E-state index contributed by atoms with van der Waals surface area (Å²) in [4.78, 5) is 11.4. The van der Waals surface area contributed by atoms with Crippen LogP contribution >= 0.6 is 11.3 Å². The molecule has 0 spiro atoms. The number of sulfonamides is 2. The lowest BCUT2D eigenvalue weighted by Crippen LogP contribution is -2.19. The first-order valence-electron chi connectivity index (χ1n) is 6.42. The van der Waals surface area contributed by atoms with E-state index >= 15 is 0 Å². The van der Waals surface area contributed by atoms with Crippen molar-refractivity contribution < 1.29 is 26.4 Å². The molecular weight excluding hydrogens is 376 g/mol. The van der Waals surface area contributed by atoms with Crippen LogP contribution in [0.4, 0.5) is 5.69 Å². The van der Waals surface area contributed by atoms with Crippen molar-refractivity contribution in [2.75, 3.05) is 18.9 Å². The molecule has 0 saturated carbocycles. The van der Waals surface area contributed by atoms with Crippen LogP contribution in [0.2, 0.25) is 0 Å². The smallest absolute Gasteiger partial charge is 0.340 e. The van der Waals surface area contributed by atoms with Gasteiger partial charge in [-0.3, -0.25) is 4.72 Å². The molecule has 0 radical (unpaired) electrons. The maximum Gasteiger partial charge on any atom is 0.340 e. The third kappa shape index (κ3) is 3.75. The van der Waals surface area contributed by atoms with E-state index in [1.54, 1.807) is 0 Å². The number of methoxy groups -OCH3 is 1. The first-order chi connectivity index (χ1) is 11.2. The highest BCUT2D eigenvalue weighted by Gasteiger charge is 2.21. The van der Waals surface area contributed by atoms with Crippen molar-refractivity contribution >= 4 is 43.0 Å². The molecule has 0 fully saturated rings. The van der Waals surface area contributed by atoms with E-state index in [1.165, 1.54) is 37.1 Å². The van der Waals surface area contributed by atoms with E-state index in [9.17, 15) is 21.6 Å². The summed E-state index contributed by atoms with van der Waals surface area (Å²) in [7, 11) is -5.19. The molecule has 0 bridgehead atoms. The van der Waals surface area contributed by atoms with Gasteiger partial charge in [0.2, 0.25) is 10.0 Å². The average molecular weight is 390 g/mol. The molecule has 0 atom stereocenters. The van der Waals surface area contributed by atoms with Crippen LogP contribution in [0.1, 0.15) is 10.4 Å². The van der Waals surface area contributed by atoms with Gasteiger partial charge in [0.1, 0.15) is 0 Å². The summed E-state index contributed by atoms with van der Waals surface area (Å²) in [6.07, 6.45) is 0. The van der Waals surface area contributed by atoms with Gasteiger partial charge in [-0.25, -0.2) is 26.4 Å².